The van der Waals surface area contributed by atoms with Gasteiger partial charge in [-0.05, 0) is 59.7 Å². The number of thiophene rings is 1. The van der Waals surface area contributed by atoms with Crippen LogP contribution in [0.25, 0.3) is 0 Å². The molecule has 0 aliphatic rings. The van der Waals surface area contributed by atoms with E-state index in [1.165, 1.54) is 21.6 Å². The lowest BCUT2D eigenvalue weighted by molar-refractivity contribution is 0.0999. The summed E-state index contributed by atoms with van der Waals surface area (Å²) in [7, 11) is 1.59. The number of carbonyl (C=O) groups excluding carboxylic acids is 1. The number of aryl methyl sites for hydroxylation is 1. The van der Waals surface area contributed by atoms with Crippen molar-refractivity contribution in [2.24, 2.45) is 5.73 Å². The highest BCUT2D eigenvalue weighted by Gasteiger charge is 2.19. The number of benzene rings is 3. The summed E-state index contributed by atoms with van der Waals surface area (Å²) >= 11 is 1.81. The van der Waals surface area contributed by atoms with Crippen LogP contribution < -0.4 is 15.2 Å². The largest absolute Gasteiger partial charge is 0.493 e. The minimum absolute atomic E-state index is 0.260. The second-order valence-electron chi connectivity index (χ2n) is 9.07. The topological polar surface area (TPSA) is 64.8 Å². The quantitative estimate of drug-likeness (QED) is 0.214. The Bertz CT molecular complexity index is 1230. The molecule has 37 heavy (non-hydrogen) atoms. The van der Waals surface area contributed by atoms with E-state index in [1.807, 2.05) is 11.3 Å². The summed E-state index contributed by atoms with van der Waals surface area (Å²) in [5.74, 6) is 0.893. The fraction of sp³-hybridized carbons (Fsp3) is 0.258. The van der Waals surface area contributed by atoms with Gasteiger partial charge in [0.1, 0.15) is 0 Å². The van der Waals surface area contributed by atoms with Crippen LogP contribution in [-0.4, -0.2) is 37.6 Å². The van der Waals surface area contributed by atoms with Crippen molar-refractivity contribution in [3.05, 3.63) is 117 Å². The van der Waals surface area contributed by atoms with E-state index in [4.69, 9.17) is 15.2 Å². The molecule has 4 aromatic rings. The smallest absolute Gasteiger partial charge is 0.248 e. The molecule has 5 nitrogen and oxygen atoms in total. The summed E-state index contributed by atoms with van der Waals surface area (Å²) in [5.41, 5.74) is 9.80. The van der Waals surface area contributed by atoms with Crippen LogP contribution in [-0.2, 0) is 6.54 Å². The van der Waals surface area contributed by atoms with Crippen molar-refractivity contribution in [1.29, 1.82) is 0 Å². The first-order valence-electron chi connectivity index (χ1n) is 12.5. The molecule has 0 bridgehead atoms. The van der Waals surface area contributed by atoms with Crippen molar-refractivity contribution in [2.75, 3.05) is 26.8 Å². The van der Waals surface area contributed by atoms with Gasteiger partial charge in [0, 0.05) is 36.0 Å². The average Bonchev–Trinajstić information content (AvgIpc) is 3.34. The highest BCUT2D eigenvalue weighted by Crippen LogP contribution is 2.29. The second kappa shape index (κ2) is 13.1. The third-order valence-corrected chi connectivity index (χ3v) is 7.51. The Labute approximate surface area is 223 Å². The van der Waals surface area contributed by atoms with Crippen molar-refractivity contribution >= 4 is 17.2 Å². The maximum absolute atomic E-state index is 11.6. The number of carbonyl (C=O) groups is 1. The Morgan fingerprint density at radius 3 is 2.19 bits per heavy atom. The zero-order valence-electron chi connectivity index (χ0n) is 21.4. The molecule has 6 heteroatoms. The Morgan fingerprint density at radius 1 is 0.946 bits per heavy atom. The van der Waals surface area contributed by atoms with Crippen LogP contribution in [0.2, 0.25) is 0 Å². The molecule has 0 aliphatic carbocycles. The van der Waals surface area contributed by atoms with Gasteiger partial charge in [-0.3, -0.25) is 9.69 Å². The van der Waals surface area contributed by atoms with Crippen LogP contribution in [0.15, 0.2) is 90.3 Å². The van der Waals surface area contributed by atoms with Crippen LogP contribution in [0.3, 0.4) is 0 Å². The van der Waals surface area contributed by atoms with Crippen molar-refractivity contribution < 1.29 is 14.3 Å². The minimum atomic E-state index is -0.488. The third-order valence-electron chi connectivity index (χ3n) is 6.50. The molecule has 0 unspecified atom stereocenters. The van der Waals surface area contributed by atoms with Gasteiger partial charge in [0.2, 0.25) is 5.91 Å². The van der Waals surface area contributed by atoms with Crippen molar-refractivity contribution in [3.63, 3.8) is 0 Å². The van der Waals surface area contributed by atoms with Crippen LogP contribution in [0.5, 0.6) is 11.5 Å². The molecule has 0 saturated heterocycles. The standard InChI is InChI=1S/C31H34N2O3S/c1-23-16-19-37-30(23)22-33(17-9-18-36-29-20-26(31(32)34)14-15-28(29)35-2)21-27(24-10-5-3-6-11-24)25-12-7-4-8-13-25/h3-8,10-16,19-20,27H,9,17-18,21-22H2,1-2H3,(H2,32,34). The maximum atomic E-state index is 11.6. The first-order valence-corrected chi connectivity index (χ1v) is 13.4. The minimum Gasteiger partial charge on any atom is -0.493 e. The van der Waals surface area contributed by atoms with Crippen LogP contribution in [0.4, 0.5) is 0 Å². The highest BCUT2D eigenvalue weighted by molar-refractivity contribution is 7.10. The van der Waals surface area contributed by atoms with Gasteiger partial charge in [0.05, 0.1) is 13.7 Å². The molecule has 2 N–H and O–H groups in total. The SMILES string of the molecule is COc1ccc(C(N)=O)cc1OCCCN(Cc1sccc1C)CC(c1ccccc1)c1ccccc1. The van der Waals surface area contributed by atoms with E-state index >= 15 is 0 Å². The van der Waals surface area contributed by atoms with E-state index in [2.05, 4.69) is 83.9 Å². The van der Waals surface area contributed by atoms with Gasteiger partial charge < -0.3 is 15.2 Å². The molecule has 192 valence electrons. The van der Waals surface area contributed by atoms with Crippen LogP contribution >= 0.6 is 11.3 Å². The van der Waals surface area contributed by atoms with E-state index < -0.39 is 5.91 Å². The van der Waals surface area contributed by atoms with Gasteiger partial charge in [0.25, 0.3) is 0 Å². The van der Waals surface area contributed by atoms with E-state index in [-0.39, 0.29) is 5.92 Å². The fourth-order valence-electron chi connectivity index (χ4n) is 4.45. The first-order chi connectivity index (χ1) is 18.0. The van der Waals surface area contributed by atoms with Gasteiger partial charge in [-0.2, -0.15) is 0 Å². The Hall–Kier alpha value is -3.61. The number of primary amides is 1. The molecule has 3 aromatic carbocycles. The number of nitrogens with two attached hydrogens (primary N) is 1. The second-order valence-corrected chi connectivity index (χ2v) is 10.1. The zero-order valence-corrected chi connectivity index (χ0v) is 22.2. The Morgan fingerprint density at radius 2 is 1.62 bits per heavy atom. The predicted molar refractivity (Wildman–Crippen MR) is 151 cm³/mol. The lowest BCUT2D eigenvalue weighted by atomic mass is 9.90. The summed E-state index contributed by atoms with van der Waals surface area (Å²) in [6.45, 7) is 5.33. The van der Waals surface area contributed by atoms with E-state index in [0.717, 1.165) is 26.1 Å². The molecule has 0 radical (unpaired) electrons. The maximum Gasteiger partial charge on any atom is 0.248 e. The van der Waals surface area contributed by atoms with Gasteiger partial charge in [-0.25, -0.2) is 0 Å². The summed E-state index contributed by atoms with van der Waals surface area (Å²) in [4.78, 5) is 15.5. The van der Waals surface area contributed by atoms with Crippen molar-refractivity contribution in [1.82, 2.24) is 4.90 Å². The van der Waals surface area contributed by atoms with Gasteiger partial charge >= 0.3 is 0 Å². The van der Waals surface area contributed by atoms with E-state index in [1.54, 1.807) is 25.3 Å². The number of rotatable bonds is 13. The summed E-state index contributed by atoms with van der Waals surface area (Å²) in [5, 5.41) is 2.16. The molecular formula is C31H34N2O3S. The number of methoxy groups -OCH3 is 1. The molecule has 0 aliphatic heterocycles. The number of hydrogen-bond acceptors (Lipinski definition) is 5. The van der Waals surface area contributed by atoms with Crippen LogP contribution in [0.1, 0.15) is 44.3 Å². The number of nitrogens with zero attached hydrogens (tertiary/aromatic N) is 1. The number of hydrogen-bond donors (Lipinski definition) is 1. The summed E-state index contributed by atoms with van der Waals surface area (Å²) in [6.07, 6.45) is 0.824. The molecule has 1 amide bonds. The number of amides is 1. The van der Waals surface area contributed by atoms with Crippen molar-refractivity contribution in [2.45, 2.75) is 25.8 Å². The molecule has 1 aromatic heterocycles. The molecule has 1 heterocycles. The monoisotopic (exact) mass is 514 g/mol. The Balaban J connectivity index is 1.49. The molecule has 0 fully saturated rings. The normalized spacial score (nSPS) is 11.1. The first kappa shape index (κ1) is 26.5. The molecule has 0 saturated carbocycles. The predicted octanol–water partition coefficient (Wildman–Crippen LogP) is 6.27. The molecule has 4 rings (SSSR count). The summed E-state index contributed by atoms with van der Waals surface area (Å²) < 4.78 is 11.5. The Kier molecular flexibility index (Phi) is 9.35. The van der Waals surface area contributed by atoms with E-state index in [0.29, 0.717) is 23.7 Å². The van der Waals surface area contributed by atoms with Crippen molar-refractivity contribution in [3.8, 4) is 11.5 Å². The highest BCUT2D eigenvalue weighted by atomic mass is 32.1. The zero-order chi connectivity index (χ0) is 26.0. The molecular weight excluding hydrogens is 480 g/mol. The van der Waals surface area contributed by atoms with Gasteiger partial charge in [-0.1, -0.05) is 60.7 Å². The molecule has 0 atom stereocenters. The molecule has 0 spiro atoms. The van der Waals surface area contributed by atoms with Gasteiger partial charge in [0.15, 0.2) is 11.5 Å². The third kappa shape index (κ3) is 7.21. The van der Waals surface area contributed by atoms with Gasteiger partial charge in [-0.15, -0.1) is 11.3 Å². The van der Waals surface area contributed by atoms with Crippen LogP contribution in [0, 0.1) is 6.92 Å². The fourth-order valence-corrected chi connectivity index (χ4v) is 5.40. The number of ether oxygens (including phenoxy) is 2. The lowest BCUT2D eigenvalue weighted by Crippen LogP contribution is -2.30. The summed E-state index contributed by atoms with van der Waals surface area (Å²) in [6, 6.07) is 28.6. The lowest BCUT2D eigenvalue weighted by Gasteiger charge is -2.28. The van der Waals surface area contributed by atoms with E-state index in [9.17, 15) is 4.79 Å². The average molecular weight is 515 g/mol.